The molecule has 1 aliphatic heterocycles. The molecule has 2 aromatic rings. The molecule has 6 heteroatoms. The lowest BCUT2D eigenvalue weighted by Crippen LogP contribution is -2.37. The van der Waals surface area contributed by atoms with Gasteiger partial charge in [0.15, 0.2) is 0 Å². The Labute approximate surface area is 164 Å². The highest BCUT2D eigenvalue weighted by atomic mass is 35.5. The van der Waals surface area contributed by atoms with Crippen LogP contribution in [-0.4, -0.2) is 36.3 Å². The summed E-state index contributed by atoms with van der Waals surface area (Å²) in [4.78, 5) is 26.7. The number of amides is 2. The molecule has 0 unspecified atom stereocenters. The molecule has 0 bridgehead atoms. The van der Waals surface area contributed by atoms with Gasteiger partial charge in [-0.15, -0.1) is 0 Å². The van der Waals surface area contributed by atoms with E-state index < -0.39 is 0 Å². The summed E-state index contributed by atoms with van der Waals surface area (Å²) in [5, 5.41) is 6.52. The molecule has 2 aromatic carbocycles. The normalized spacial score (nSPS) is 14.7. The van der Waals surface area contributed by atoms with Crippen molar-refractivity contribution in [2.45, 2.75) is 19.8 Å². The van der Waals surface area contributed by atoms with Gasteiger partial charge in [-0.2, -0.15) is 0 Å². The first-order valence-corrected chi connectivity index (χ1v) is 9.57. The summed E-state index contributed by atoms with van der Waals surface area (Å²) in [7, 11) is 0. The fraction of sp³-hybridized carbons (Fsp3) is 0.333. The molecular formula is C21H24ClN3O2. The second-order valence-electron chi connectivity index (χ2n) is 6.96. The van der Waals surface area contributed by atoms with E-state index in [1.54, 1.807) is 36.4 Å². The number of carbonyl (C=O) groups excluding carboxylic acids is 2. The maximum atomic E-state index is 12.7. The van der Waals surface area contributed by atoms with Crippen LogP contribution < -0.4 is 10.6 Å². The molecule has 1 aliphatic rings. The smallest absolute Gasteiger partial charge is 0.253 e. The first-order valence-electron chi connectivity index (χ1n) is 9.20. The van der Waals surface area contributed by atoms with E-state index in [1.807, 2.05) is 17.0 Å². The fourth-order valence-corrected chi connectivity index (χ4v) is 3.21. The molecule has 1 heterocycles. The van der Waals surface area contributed by atoms with Crippen molar-refractivity contribution < 1.29 is 9.59 Å². The van der Waals surface area contributed by atoms with Gasteiger partial charge in [0.2, 0.25) is 5.91 Å². The number of likely N-dealkylation sites (tertiary alicyclic amines) is 1. The lowest BCUT2D eigenvalue weighted by molar-refractivity contribution is -0.114. The van der Waals surface area contributed by atoms with E-state index in [0.29, 0.717) is 22.2 Å². The average Bonchev–Trinajstić information content (AvgIpc) is 2.68. The van der Waals surface area contributed by atoms with E-state index in [0.717, 1.165) is 31.6 Å². The topological polar surface area (TPSA) is 61.4 Å². The van der Waals surface area contributed by atoms with Crippen molar-refractivity contribution in [2.24, 2.45) is 5.92 Å². The molecule has 0 spiro atoms. The highest BCUT2D eigenvalue weighted by molar-refractivity contribution is 6.30. The predicted octanol–water partition coefficient (Wildman–Crippen LogP) is 4.26. The summed E-state index contributed by atoms with van der Waals surface area (Å²) in [6.45, 7) is 3.93. The van der Waals surface area contributed by atoms with Crippen LogP contribution in [0.5, 0.6) is 0 Å². The van der Waals surface area contributed by atoms with Gasteiger partial charge in [0.05, 0.1) is 6.54 Å². The lowest BCUT2D eigenvalue weighted by Gasteiger charge is -2.30. The average molecular weight is 386 g/mol. The van der Waals surface area contributed by atoms with Crippen molar-refractivity contribution in [2.75, 3.05) is 30.3 Å². The molecule has 0 aliphatic carbocycles. The molecule has 2 N–H and O–H groups in total. The Morgan fingerprint density at radius 1 is 1.07 bits per heavy atom. The van der Waals surface area contributed by atoms with Crippen LogP contribution in [0.15, 0.2) is 48.5 Å². The van der Waals surface area contributed by atoms with Gasteiger partial charge in [-0.05, 0) is 61.2 Å². The molecule has 1 fully saturated rings. The van der Waals surface area contributed by atoms with Gasteiger partial charge < -0.3 is 15.5 Å². The third-order valence-corrected chi connectivity index (χ3v) is 5.01. The number of hydrogen-bond acceptors (Lipinski definition) is 3. The van der Waals surface area contributed by atoms with E-state index in [-0.39, 0.29) is 18.4 Å². The van der Waals surface area contributed by atoms with Crippen LogP contribution in [0.2, 0.25) is 5.02 Å². The van der Waals surface area contributed by atoms with Gasteiger partial charge in [-0.25, -0.2) is 0 Å². The van der Waals surface area contributed by atoms with Crippen molar-refractivity contribution >= 4 is 34.8 Å². The minimum Gasteiger partial charge on any atom is -0.376 e. The maximum absolute atomic E-state index is 12.7. The zero-order valence-corrected chi connectivity index (χ0v) is 16.1. The quantitative estimate of drug-likeness (QED) is 0.808. The molecule has 0 radical (unpaired) electrons. The van der Waals surface area contributed by atoms with Crippen LogP contribution in [0.1, 0.15) is 30.1 Å². The Morgan fingerprint density at radius 3 is 2.48 bits per heavy atom. The molecule has 142 valence electrons. The third-order valence-electron chi connectivity index (χ3n) is 4.76. The Balaban J connectivity index is 1.55. The van der Waals surface area contributed by atoms with Crippen molar-refractivity contribution in [1.82, 2.24) is 4.90 Å². The number of carbonyl (C=O) groups is 2. The molecule has 0 saturated carbocycles. The highest BCUT2D eigenvalue weighted by Crippen LogP contribution is 2.20. The van der Waals surface area contributed by atoms with Crippen LogP contribution in [-0.2, 0) is 4.79 Å². The number of halogens is 1. The summed E-state index contributed by atoms with van der Waals surface area (Å²) in [6, 6.07) is 14.3. The van der Waals surface area contributed by atoms with Gasteiger partial charge in [0.25, 0.3) is 5.91 Å². The predicted molar refractivity (Wildman–Crippen MR) is 109 cm³/mol. The number of nitrogens with zero attached hydrogens (tertiary/aromatic N) is 1. The number of anilines is 2. The zero-order chi connectivity index (χ0) is 19.2. The molecule has 1 saturated heterocycles. The summed E-state index contributed by atoms with van der Waals surface area (Å²) < 4.78 is 0. The number of benzene rings is 2. The number of hydrogen-bond donors (Lipinski definition) is 2. The maximum Gasteiger partial charge on any atom is 0.253 e. The first kappa shape index (κ1) is 19.2. The van der Waals surface area contributed by atoms with Crippen molar-refractivity contribution in [3.8, 4) is 0 Å². The van der Waals surface area contributed by atoms with Gasteiger partial charge in [0, 0.05) is 35.1 Å². The molecule has 0 aromatic heterocycles. The minimum absolute atomic E-state index is 0.0253. The monoisotopic (exact) mass is 385 g/mol. The largest absolute Gasteiger partial charge is 0.376 e. The Bertz CT molecular complexity index is 799. The summed E-state index contributed by atoms with van der Waals surface area (Å²) in [6.07, 6.45) is 2.08. The molecule has 2 amide bonds. The van der Waals surface area contributed by atoms with E-state index in [4.69, 9.17) is 11.6 Å². The summed E-state index contributed by atoms with van der Waals surface area (Å²) >= 11 is 5.85. The van der Waals surface area contributed by atoms with E-state index in [9.17, 15) is 9.59 Å². The van der Waals surface area contributed by atoms with Crippen LogP contribution in [0.25, 0.3) is 0 Å². The summed E-state index contributed by atoms with van der Waals surface area (Å²) in [5.74, 6) is 0.520. The van der Waals surface area contributed by atoms with E-state index >= 15 is 0 Å². The molecule has 27 heavy (non-hydrogen) atoms. The minimum atomic E-state index is -0.179. The van der Waals surface area contributed by atoms with Gasteiger partial charge in [-0.1, -0.05) is 24.6 Å². The van der Waals surface area contributed by atoms with E-state index in [2.05, 4.69) is 17.6 Å². The van der Waals surface area contributed by atoms with Gasteiger partial charge in [0.1, 0.15) is 0 Å². The van der Waals surface area contributed by atoms with Crippen LogP contribution in [0.3, 0.4) is 0 Å². The Hall–Kier alpha value is -2.53. The van der Waals surface area contributed by atoms with Gasteiger partial charge in [-0.3, -0.25) is 9.59 Å². The second kappa shape index (κ2) is 8.91. The second-order valence-corrected chi connectivity index (χ2v) is 7.40. The molecule has 3 rings (SSSR count). The standard InChI is InChI=1S/C21H24ClN3O2/c1-15-9-11-25(12-10-15)21(27)16-3-2-4-19(13-16)24-20(26)14-23-18-7-5-17(22)6-8-18/h2-8,13,15,23H,9-12,14H2,1H3,(H,24,26). The van der Waals surface area contributed by atoms with E-state index in [1.165, 1.54) is 0 Å². The molecule has 0 atom stereocenters. The molecule has 5 nitrogen and oxygen atoms in total. The Morgan fingerprint density at radius 2 is 1.78 bits per heavy atom. The SMILES string of the molecule is CC1CCN(C(=O)c2cccc(NC(=O)CNc3ccc(Cl)cc3)c2)CC1. The third kappa shape index (κ3) is 5.47. The van der Waals surface area contributed by atoms with Crippen molar-refractivity contribution in [1.29, 1.82) is 0 Å². The number of rotatable bonds is 5. The number of nitrogens with one attached hydrogen (secondary N) is 2. The lowest BCUT2D eigenvalue weighted by atomic mass is 9.98. The van der Waals surface area contributed by atoms with Crippen molar-refractivity contribution in [3.63, 3.8) is 0 Å². The van der Waals surface area contributed by atoms with Crippen LogP contribution in [0.4, 0.5) is 11.4 Å². The van der Waals surface area contributed by atoms with Crippen LogP contribution >= 0.6 is 11.6 Å². The zero-order valence-electron chi connectivity index (χ0n) is 15.4. The van der Waals surface area contributed by atoms with Crippen molar-refractivity contribution in [3.05, 3.63) is 59.1 Å². The fourth-order valence-electron chi connectivity index (χ4n) is 3.08. The first-order chi connectivity index (χ1) is 13.0. The number of piperidine rings is 1. The molecular weight excluding hydrogens is 362 g/mol. The highest BCUT2D eigenvalue weighted by Gasteiger charge is 2.21. The summed E-state index contributed by atoms with van der Waals surface area (Å²) in [5.41, 5.74) is 2.04. The van der Waals surface area contributed by atoms with Gasteiger partial charge >= 0.3 is 0 Å². The van der Waals surface area contributed by atoms with Crippen LogP contribution in [0, 0.1) is 5.92 Å². The Kier molecular flexibility index (Phi) is 6.35.